The number of rotatable bonds is 11. The van der Waals surface area contributed by atoms with Gasteiger partial charge in [-0.25, -0.2) is 30.8 Å². The van der Waals surface area contributed by atoms with Crippen LogP contribution in [0.5, 0.6) is 5.75 Å². The molecule has 8 nitrogen and oxygen atoms in total. The van der Waals surface area contributed by atoms with Crippen LogP contribution in [0.15, 0.2) is 65.6 Å². The van der Waals surface area contributed by atoms with E-state index in [1.165, 1.54) is 30.3 Å². The van der Waals surface area contributed by atoms with Gasteiger partial charge in [0.1, 0.15) is 17.4 Å². The Hall–Kier alpha value is -4.46. The van der Waals surface area contributed by atoms with Crippen LogP contribution in [-0.4, -0.2) is 40.9 Å². The summed E-state index contributed by atoms with van der Waals surface area (Å²) in [6.45, 7) is 7.05. The second-order valence-electron chi connectivity index (χ2n) is 14.0. The molecule has 0 saturated heterocycles. The van der Waals surface area contributed by atoms with Gasteiger partial charge < -0.3 is 15.1 Å². The van der Waals surface area contributed by atoms with Gasteiger partial charge in [0, 0.05) is 28.9 Å². The lowest BCUT2D eigenvalue weighted by Crippen LogP contribution is -2.49. The molecule has 5 rings (SSSR count). The molecule has 0 bridgehead atoms. The van der Waals surface area contributed by atoms with Crippen LogP contribution in [0, 0.1) is 30.2 Å². The van der Waals surface area contributed by atoms with Crippen molar-refractivity contribution in [3.8, 4) is 5.75 Å². The molecule has 4 aromatic rings. The molecular weight excluding hydrogens is 724 g/mol. The van der Waals surface area contributed by atoms with Gasteiger partial charge in [0.25, 0.3) is 0 Å². The highest BCUT2D eigenvalue weighted by Gasteiger charge is 2.41. The standard InChI is InChI=1S/C38H37ClF4N2O6S/c1-20-31(40)33(42)35(34(43)32(20)41)52(50,51)45(19-22-6-10-27(39)11-7-22)21(2)36(47)44(28-12-13-29(37(48)49)30(46)17-28)18-23-14-25(24-8-9-24)16-26(15-23)38(3,4)5/h6-7,10-17,21,24,46H,8-9,18-19H2,1-5H3,(H,48,49)/t21-/m1/s1. The molecule has 0 aliphatic heterocycles. The van der Waals surface area contributed by atoms with E-state index in [9.17, 15) is 37.0 Å². The van der Waals surface area contributed by atoms with Crippen LogP contribution in [0.4, 0.5) is 23.2 Å². The van der Waals surface area contributed by atoms with Crippen molar-refractivity contribution in [3.05, 3.63) is 122 Å². The summed E-state index contributed by atoms with van der Waals surface area (Å²) >= 11 is 6.01. The molecule has 14 heteroatoms. The van der Waals surface area contributed by atoms with E-state index in [1.54, 1.807) is 0 Å². The van der Waals surface area contributed by atoms with E-state index in [4.69, 9.17) is 11.6 Å². The normalized spacial score (nSPS) is 14.1. The lowest BCUT2D eigenvalue weighted by Gasteiger charge is -2.33. The van der Waals surface area contributed by atoms with Crippen molar-refractivity contribution >= 4 is 39.2 Å². The third-order valence-corrected chi connectivity index (χ3v) is 11.3. The zero-order valence-electron chi connectivity index (χ0n) is 29.0. The van der Waals surface area contributed by atoms with Crippen LogP contribution in [0.3, 0.4) is 0 Å². The van der Waals surface area contributed by atoms with Gasteiger partial charge in [-0.3, -0.25) is 4.79 Å². The Kier molecular flexibility index (Phi) is 10.8. The van der Waals surface area contributed by atoms with Crippen LogP contribution in [0.1, 0.15) is 84.6 Å². The summed E-state index contributed by atoms with van der Waals surface area (Å²) in [5, 5.41) is 20.4. The number of carboxylic acids is 1. The number of phenols is 1. The summed E-state index contributed by atoms with van der Waals surface area (Å²) in [6, 6.07) is 13.1. The summed E-state index contributed by atoms with van der Waals surface area (Å²) in [7, 11) is -5.53. The van der Waals surface area contributed by atoms with Crippen LogP contribution in [-0.2, 0) is 33.3 Å². The van der Waals surface area contributed by atoms with E-state index < -0.39 is 79.5 Å². The van der Waals surface area contributed by atoms with Gasteiger partial charge in [0.2, 0.25) is 15.9 Å². The van der Waals surface area contributed by atoms with Gasteiger partial charge in [-0.2, -0.15) is 4.31 Å². The summed E-state index contributed by atoms with van der Waals surface area (Å²) in [4.78, 5) is 25.6. The van der Waals surface area contributed by atoms with E-state index in [0.717, 1.165) is 54.8 Å². The van der Waals surface area contributed by atoms with Crippen molar-refractivity contribution < 1.29 is 45.8 Å². The van der Waals surface area contributed by atoms with Crippen molar-refractivity contribution in [2.45, 2.75) is 82.8 Å². The number of aromatic hydroxyl groups is 1. The first-order chi connectivity index (χ1) is 24.2. The number of nitrogens with zero attached hydrogens (tertiary/aromatic N) is 2. The monoisotopic (exact) mass is 760 g/mol. The molecule has 1 aliphatic carbocycles. The maximum Gasteiger partial charge on any atom is 0.339 e. The molecule has 52 heavy (non-hydrogen) atoms. The first-order valence-electron chi connectivity index (χ1n) is 16.3. The van der Waals surface area contributed by atoms with Crippen molar-refractivity contribution in [2.75, 3.05) is 4.90 Å². The molecule has 0 spiro atoms. The molecule has 0 unspecified atom stereocenters. The molecule has 276 valence electrons. The van der Waals surface area contributed by atoms with E-state index >= 15 is 8.78 Å². The minimum atomic E-state index is -5.53. The minimum Gasteiger partial charge on any atom is -0.507 e. The number of anilines is 1. The predicted octanol–water partition coefficient (Wildman–Crippen LogP) is 8.60. The number of halogens is 5. The Morgan fingerprint density at radius 3 is 2.00 bits per heavy atom. The number of carbonyl (C=O) groups is 2. The molecule has 4 aromatic carbocycles. The van der Waals surface area contributed by atoms with Crippen LogP contribution in [0.2, 0.25) is 5.02 Å². The smallest absolute Gasteiger partial charge is 0.339 e. The van der Waals surface area contributed by atoms with Crippen LogP contribution >= 0.6 is 11.6 Å². The summed E-state index contributed by atoms with van der Waals surface area (Å²) in [5.41, 5.74) is 0.969. The van der Waals surface area contributed by atoms with Crippen molar-refractivity contribution in [2.24, 2.45) is 0 Å². The van der Waals surface area contributed by atoms with E-state index in [2.05, 4.69) is 6.07 Å². The molecule has 0 aromatic heterocycles. The summed E-state index contributed by atoms with van der Waals surface area (Å²) in [6.07, 6.45) is 1.95. The lowest BCUT2D eigenvalue weighted by molar-refractivity contribution is -0.122. The third kappa shape index (κ3) is 7.81. The van der Waals surface area contributed by atoms with Gasteiger partial charge in [-0.1, -0.05) is 62.7 Å². The zero-order chi connectivity index (χ0) is 38.4. The highest BCUT2D eigenvalue weighted by Crippen LogP contribution is 2.42. The molecule has 1 amide bonds. The number of carboxylic acid groups (broad SMARTS) is 1. The SMILES string of the molecule is Cc1c(F)c(F)c(S(=O)(=O)N(Cc2ccc(Cl)cc2)[C@H](C)C(=O)N(Cc2cc(C3CC3)cc(C(C)(C)C)c2)c2ccc(C(=O)O)c(O)c2)c(F)c1F. The number of carbonyl (C=O) groups excluding carboxylic acids is 1. The number of aromatic carboxylic acids is 1. The fraction of sp³-hybridized carbons (Fsp3) is 0.316. The zero-order valence-corrected chi connectivity index (χ0v) is 30.5. The second-order valence-corrected chi connectivity index (χ2v) is 16.2. The Morgan fingerprint density at radius 1 is 0.885 bits per heavy atom. The average Bonchev–Trinajstić information content (AvgIpc) is 3.93. The van der Waals surface area contributed by atoms with E-state index in [-0.39, 0.29) is 28.2 Å². The van der Waals surface area contributed by atoms with Crippen LogP contribution < -0.4 is 4.90 Å². The minimum absolute atomic E-state index is 0.0258. The average molecular weight is 761 g/mol. The van der Waals surface area contributed by atoms with Crippen molar-refractivity contribution in [1.29, 1.82) is 0 Å². The van der Waals surface area contributed by atoms with Gasteiger partial charge >= 0.3 is 5.97 Å². The number of hydrogen-bond acceptors (Lipinski definition) is 5. The first kappa shape index (κ1) is 38.8. The number of amides is 1. The van der Waals surface area contributed by atoms with Gasteiger partial charge in [0.15, 0.2) is 28.2 Å². The van der Waals surface area contributed by atoms with Gasteiger partial charge in [0.05, 0.1) is 6.54 Å². The fourth-order valence-electron chi connectivity index (χ4n) is 5.86. The largest absolute Gasteiger partial charge is 0.507 e. The molecule has 1 aliphatic rings. The molecule has 1 saturated carbocycles. The van der Waals surface area contributed by atoms with Gasteiger partial charge in [-0.05, 0) is 84.5 Å². The predicted molar refractivity (Wildman–Crippen MR) is 188 cm³/mol. The maximum absolute atomic E-state index is 15.3. The van der Waals surface area contributed by atoms with Crippen molar-refractivity contribution in [3.63, 3.8) is 0 Å². The van der Waals surface area contributed by atoms with E-state index in [1.807, 2.05) is 32.9 Å². The molecule has 2 N–H and O–H groups in total. The Labute approximate surface area is 304 Å². The van der Waals surface area contributed by atoms with Crippen LogP contribution in [0.25, 0.3) is 0 Å². The fourth-order valence-corrected chi connectivity index (χ4v) is 7.67. The van der Waals surface area contributed by atoms with E-state index in [0.29, 0.717) is 15.8 Å². The highest BCUT2D eigenvalue weighted by molar-refractivity contribution is 7.89. The maximum atomic E-state index is 15.3. The first-order valence-corrected chi connectivity index (χ1v) is 18.1. The lowest BCUT2D eigenvalue weighted by atomic mass is 9.84. The molecular formula is C38H37ClF4N2O6S. The number of hydrogen-bond donors (Lipinski definition) is 2. The summed E-state index contributed by atoms with van der Waals surface area (Å²) in [5.74, 6) is -10.9. The topological polar surface area (TPSA) is 115 Å². The summed E-state index contributed by atoms with van der Waals surface area (Å²) < 4.78 is 89.0. The number of sulfonamides is 1. The molecule has 0 radical (unpaired) electrons. The number of benzene rings is 4. The Morgan fingerprint density at radius 2 is 1.48 bits per heavy atom. The molecule has 1 atom stereocenters. The quantitative estimate of drug-likeness (QED) is 0.117. The second kappa shape index (κ2) is 14.5. The van der Waals surface area contributed by atoms with Crippen molar-refractivity contribution in [1.82, 2.24) is 4.31 Å². The van der Waals surface area contributed by atoms with Gasteiger partial charge in [-0.15, -0.1) is 0 Å². The Balaban J connectivity index is 1.68. The molecule has 1 fully saturated rings. The molecule has 0 heterocycles. The highest BCUT2D eigenvalue weighted by atomic mass is 35.5. The Bertz CT molecular complexity index is 2140. The third-order valence-electron chi connectivity index (χ3n) is 9.11.